The van der Waals surface area contributed by atoms with E-state index in [1.807, 2.05) is 48.7 Å². The van der Waals surface area contributed by atoms with Gasteiger partial charge in [-0.2, -0.15) is 4.57 Å². The van der Waals surface area contributed by atoms with Gasteiger partial charge in [-0.1, -0.05) is 23.1 Å². The fraction of sp³-hybridized carbons (Fsp3) is 0.167. The van der Waals surface area contributed by atoms with Crippen LogP contribution in [-0.2, 0) is 13.6 Å². The maximum absolute atomic E-state index is 13.6. The van der Waals surface area contributed by atoms with Gasteiger partial charge in [-0.15, -0.1) is 11.3 Å². The van der Waals surface area contributed by atoms with E-state index in [1.165, 1.54) is 58.7 Å². The van der Waals surface area contributed by atoms with Gasteiger partial charge < -0.3 is 4.90 Å². The van der Waals surface area contributed by atoms with E-state index in [0.717, 1.165) is 35.5 Å². The monoisotopic (exact) mass is 500 g/mol. The Bertz CT molecular complexity index is 1610. The Kier molecular flexibility index (Phi) is 5.72. The number of anilines is 1. The van der Waals surface area contributed by atoms with Crippen molar-refractivity contribution in [3.05, 3.63) is 83.7 Å². The second-order valence-electron chi connectivity index (χ2n) is 7.55. The standard InChI is InChI=1S/C24H20F2N3OS3/c1-4-29-23(13-22-28(3)17-8-6-15(26)12-20(17)33-22)31-18(24(29)30)9-10-21-27(2)16-7-5-14(25)11-19(16)32-21/h5-13H,4H2,1-3H3/q+1/b18-9-,21-10-. The summed E-state index contributed by atoms with van der Waals surface area (Å²) in [5.41, 5.74) is 1.85. The molecule has 0 fully saturated rings. The van der Waals surface area contributed by atoms with Gasteiger partial charge in [0.15, 0.2) is 0 Å². The Hall–Kier alpha value is -2.75. The lowest BCUT2D eigenvalue weighted by atomic mass is 10.3. The topological polar surface area (TPSA) is 29.1 Å². The van der Waals surface area contributed by atoms with Gasteiger partial charge in [-0.25, -0.2) is 8.78 Å². The molecule has 9 heteroatoms. The number of aromatic nitrogens is 2. The molecule has 3 heterocycles. The average Bonchev–Trinajstić information content (AvgIpc) is 3.37. The molecule has 33 heavy (non-hydrogen) atoms. The van der Waals surface area contributed by atoms with Crippen LogP contribution in [-0.4, -0.2) is 11.6 Å². The number of benzene rings is 2. The Morgan fingerprint density at radius 2 is 1.82 bits per heavy atom. The molecule has 5 rings (SSSR count). The zero-order chi connectivity index (χ0) is 23.3. The van der Waals surface area contributed by atoms with E-state index in [1.54, 1.807) is 16.7 Å². The van der Waals surface area contributed by atoms with E-state index < -0.39 is 0 Å². The quantitative estimate of drug-likeness (QED) is 0.399. The Morgan fingerprint density at radius 1 is 1.06 bits per heavy atom. The van der Waals surface area contributed by atoms with Crippen molar-refractivity contribution in [1.82, 2.24) is 4.57 Å². The molecule has 0 saturated carbocycles. The van der Waals surface area contributed by atoms with Crippen molar-refractivity contribution in [2.24, 2.45) is 7.05 Å². The van der Waals surface area contributed by atoms with Crippen LogP contribution in [0, 0.1) is 11.6 Å². The number of aryl methyl sites for hydroxylation is 1. The van der Waals surface area contributed by atoms with Crippen LogP contribution in [0.5, 0.6) is 0 Å². The molecule has 0 saturated heterocycles. The van der Waals surface area contributed by atoms with Crippen LogP contribution < -0.4 is 24.2 Å². The van der Waals surface area contributed by atoms with Crippen LogP contribution in [0.2, 0.25) is 0 Å². The molecule has 4 aromatic rings. The zero-order valence-corrected chi connectivity index (χ0v) is 20.6. The molecule has 2 aromatic heterocycles. The summed E-state index contributed by atoms with van der Waals surface area (Å²) in [5, 5.41) is 1.86. The summed E-state index contributed by atoms with van der Waals surface area (Å²) < 4.78 is 33.3. The molecule has 0 N–H and O–H groups in total. The molecule has 168 valence electrons. The highest BCUT2D eigenvalue weighted by Crippen LogP contribution is 2.45. The first-order valence-electron chi connectivity index (χ1n) is 10.3. The van der Waals surface area contributed by atoms with Crippen molar-refractivity contribution in [2.45, 2.75) is 18.4 Å². The second-order valence-corrected chi connectivity index (χ2v) is 10.7. The van der Waals surface area contributed by atoms with Crippen molar-refractivity contribution in [3.63, 3.8) is 0 Å². The van der Waals surface area contributed by atoms with Gasteiger partial charge in [-0.3, -0.25) is 9.36 Å². The summed E-state index contributed by atoms with van der Waals surface area (Å²) >= 11 is 4.40. The smallest absolute Gasteiger partial charge is 0.269 e. The highest BCUT2D eigenvalue weighted by atomic mass is 32.2. The molecule has 0 amide bonds. The van der Waals surface area contributed by atoms with Crippen molar-refractivity contribution in [1.29, 1.82) is 0 Å². The average molecular weight is 501 g/mol. The number of thiazole rings is 2. The van der Waals surface area contributed by atoms with E-state index in [2.05, 4.69) is 0 Å². The molecule has 1 aliphatic rings. The fourth-order valence-corrected chi connectivity index (χ4v) is 7.09. The van der Waals surface area contributed by atoms with Gasteiger partial charge in [-0.05, 0) is 49.4 Å². The maximum atomic E-state index is 13.6. The normalized spacial score (nSPS) is 15.9. The minimum atomic E-state index is -0.263. The summed E-state index contributed by atoms with van der Waals surface area (Å²) in [6, 6.07) is 9.49. The van der Waals surface area contributed by atoms with Crippen LogP contribution in [0.1, 0.15) is 11.9 Å². The highest BCUT2D eigenvalue weighted by Gasteiger charge is 2.22. The molecule has 0 aliphatic carbocycles. The maximum Gasteiger partial charge on any atom is 0.269 e. The molecule has 0 atom stereocenters. The second kappa shape index (κ2) is 8.55. The number of nitrogens with zero attached hydrogens (tertiary/aromatic N) is 3. The SMILES string of the molecule is CCn1c(=O)/c(=C/C=C2\Sc3cc(F)ccc3N2C)s/c1=C\c1sc2cc(F)ccc2[n+]1C. The van der Waals surface area contributed by atoms with Crippen LogP contribution in [0.15, 0.2) is 57.2 Å². The molecular weight excluding hydrogens is 480 g/mol. The van der Waals surface area contributed by atoms with Gasteiger partial charge in [0.25, 0.3) is 10.6 Å². The minimum Gasteiger partial charge on any atom is -0.338 e. The summed E-state index contributed by atoms with van der Waals surface area (Å²) in [6.07, 6.45) is 5.72. The highest BCUT2D eigenvalue weighted by molar-refractivity contribution is 8.03. The molecular formula is C24H20F2N3OS3+. The van der Waals surface area contributed by atoms with Gasteiger partial charge in [0, 0.05) is 24.6 Å². The zero-order valence-electron chi connectivity index (χ0n) is 18.1. The summed E-state index contributed by atoms with van der Waals surface area (Å²) in [4.78, 5) is 15.9. The predicted molar refractivity (Wildman–Crippen MR) is 133 cm³/mol. The lowest BCUT2D eigenvalue weighted by molar-refractivity contribution is -0.642. The number of thioether (sulfide) groups is 1. The van der Waals surface area contributed by atoms with Gasteiger partial charge in [0.05, 0.1) is 21.3 Å². The van der Waals surface area contributed by atoms with Crippen molar-refractivity contribution in [3.8, 4) is 0 Å². The van der Waals surface area contributed by atoms with Crippen molar-refractivity contribution in [2.75, 3.05) is 11.9 Å². The molecule has 0 bridgehead atoms. The molecule has 0 unspecified atom stereocenters. The molecule has 4 nitrogen and oxygen atoms in total. The van der Waals surface area contributed by atoms with E-state index in [-0.39, 0.29) is 17.2 Å². The third-order valence-electron chi connectivity index (χ3n) is 5.53. The molecule has 0 radical (unpaired) electrons. The lowest BCUT2D eigenvalue weighted by Gasteiger charge is -2.12. The third-order valence-corrected chi connectivity index (χ3v) is 8.93. The number of fused-ring (bicyclic) bond motifs is 2. The number of hydrogen-bond donors (Lipinski definition) is 0. The summed E-state index contributed by atoms with van der Waals surface area (Å²) in [7, 11) is 3.87. The van der Waals surface area contributed by atoms with E-state index >= 15 is 0 Å². The van der Waals surface area contributed by atoms with Gasteiger partial charge >= 0.3 is 0 Å². The molecule has 1 aliphatic heterocycles. The molecule has 2 aromatic carbocycles. The summed E-state index contributed by atoms with van der Waals surface area (Å²) in [5.74, 6) is -0.525. The first kappa shape index (κ1) is 22.1. The predicted octanol–water partition coefficient (Wildman–Crippen LogP) is 3.94. The number of allylic oxidation sites excluding steroid dienone is 1. The minimum absolute atomic E-state index is 0.0467. The van der Waals surface area contributed by atoms with Gasteiger partial charge in [0.2, 0.25) is 5.52 Å². The first-order chi connectivity index (χ1) is 15.9. The Morgan fingerprint density at radius 3 is 2.61 bits per heavy atom. The largest absolute Gasteiger partial charge is 0.338 e. The van der Waals surface area contributed by atoms with E-state index in [4.69, 9.17) is 0 Å². The van der Waals surface area contributed by atoms with Gasteiger partial charge in [0.1, 0.15) is 28.0 Å². The lowest BCUT2D eigenvalue weighted by Crippen LogP contribution is -2.32. The Balaban J connectivity index is 1.58. The van der Waals surface area contributed by atoms with Crippen LogP contribution in [0.25, 0.3) is 22.4 Å². The van der Waals surface area contributed by atoms with Crippen LogP contribution >= 0.6 is 34.4 Å². The van der Waals surface area contributed by atoms with Crippen molar-refractivity contribution < 1.29 is 13.3 Å². The number of rotatable bonds is 3. The van der Waals surface area contributed by atoms with Crippen LogP contribution in [0.3, 0.4) is 0 Å². The van der Waals surface area contributed by atoms with E-state index in [0.29, 0.717) is 11.1 Å². The molecule has 0 spiro atoms. The fourth-order valence-electron chi connectivity index (χ4n) is 3.77. The van der Waals surface area contributed by atoms with E-state index in [9.17, 15) is 13.6 Å². The van der Waals surface area contributed by atoms with Crippen LogP contribution in [0.4, 0.5) is 14.5 Å². The summed E-state index contributed by atoms with van der Waals surface area (Å²) in [6.45, 7) is 2.49. The first-order valence-corrected chi connectivity index (χ1v) is 12.7. The number of hydrogen-bond acceptors (Lipinski definition) is 5. The van der Waals surface area contributed by atoms with Crippen molar-refractivity contribution >= 4 is 62.5 Å². The number of halogens is 2. The third kappa shape index (κ3) is 3.94. The Labute approximate surface area is 201 Å².